The highest BCUT2D eigenvalue weighted by Gasteiger charge is 2.22. The summed E-state index contributed by atoms with van der Waals surface area (Å²) in [5.74, 6) is -0.307. The molecule has 0 atom stereocenters. The Morgan fingerprint density at radius 3 is 2.77 bits per heavy atom. The van der Waals surface area contributed by atoms with Gasteiger partial charge in [0, 0.05) is 4.88 Å². The lowest BCUT2D eigenvalue weighted by molar-refractivity contribution is -0.115. The zero-order chi connectivity index (χ0) is 18.1. The van der Waals surface area contributed by atoms with Gasteiger partial charge in [-0.25, -0.2) is 4.98 Å². The lowest BCUT2D eigenvalue weighted by Crippen LogP contribution is -2.25. The van der Waals surface area contributed by atoms with Gasteiger partial charge in [0.05, 0.1) is 17.7 Å². The average molecular weight is 386 g/mol. The van der Waals surface area contributed by atoms with E-state index in [4.69, 9.17) is 10.7 Å². The lowest BCUT2D eigenvalue weighted by atomic mass is 9.97. The number of hydrogen-bond acceptors (Lipinski definition) is 5. The average Bonchev–Trinajstić information content (AvgIpc) is 3.02. The van der Waals surface area contributed by atoms with E-state index in [2.05, 4.69) is 0 Å². The number of carbonyl (C=O) groups excluding carboxylic acids is 1. The van der Waals surface area contributed by atoms with Crippen molar-refractivity contribution in [2.75, 3.05) is 5.75 Å². The third-order valence-corrected chi connectivity index (χ3v) is 6.75. The molecule has 0 unspecified atom stereocenters. The van der Waals surface area contributed by atoms with Gasteiger partial charge in [-0.2, -0.15) is 0 Å². The molecule has 2 N–H and O–H groups in total. The van der Waals surface area contributed by atoms with E-state index in [1.54, 1.807) is 15.9 Å². The maximum Gasteiger partial charge on any atom is 0.263 e. The Bertz CT molecular complexity index is 1020. The molecule has 4 rings (SSSR count). The third-order valence-electron chi connectivity index (χ3n) is 4.57. The summed E-state index contributed by atoms with van der Waals surface area (Å²) in [6, 6.07) is 9.83. The van der Waals surface area contributed by atoms with E-state index >= 15 is 0 Å². The zero-order valence-electron chi connectivity index (χ0n) is 14.2. The first kappa shape index (κ1) is 17.3. The van der Waals surface area contributed by atoms with Crippen LogP contribution < -0.4 is 11.3 Å². The molecule has 3 aromatic rings. The van der Waals surface area contributed by atoms with E-state index < -0.39 is 5.91 Å². The van der Waals surface area contributed by atoms with Gasteiger partial charge in [-0.15, -0.1) is 11.3 Å². The number of hydrogen-bond donors (Lipinski definition) is 1. The molecule has 2 heterocycles. The second-order valence-corrected chi connectivity index (χ2v) is 8.44. The maximum atomic E-state index is 13.3. The Balaban J connectivity index is 1.87. The number of aromatic nitrogens is 2. The summed E-state index contributed by atoms with van der Waals surface area (Å²) in [4.78, 5) is 31.4. The van der Waals surface area contributed by atoms with Gasteiger partial charge in [-0.05, 0) is 36.8 Å². The predicted molar refractivity (Wildman–Crippen MR) is 106 cm³/mol. The summed E-state index contributed by atoms with van der Waals surface area (Å²) in [5, 5.41) is 1.33. The molecular weight excluding hydrogens is 366 g/mol. The summed E-state index contributed by atoms with van der Waals surface area (Å²) < 4.78 is 1.69. The number of nitrogens with zero attached hydrogens (tertiary/aromatic N) is 2. The molecule has 2 aromatic heterocycles. The van der Waals surface area contributed by atoms with E-state index in [0.717, 1.165) is 35.0 Å². The first-order valence-electron chi connectivity index (χ1n) is 8.63. The van der Waals surface area contributed by atoms with Crippen LogP contribution in [0.5, 0.6) is 0 Å². The van der Waals surface area contributed by atoms with Crippen molar-refractivity contribution >= 4 is 39.2 Å². The largest absolute Gasteiger partial charge is 0.369 e. The van der Waals surface area contributed by atoms with Crippen LogP contribution in [0.3, 0.4) is 0 Å². The van der Waals surface area contributed by atoms with Crippen molar-refractivity contribution in [3.63, 3.8) is 0 Å². The molecule has 1 amide bonds. The Morgan fingerprint density at radius 2 is 2.00 bits per heavy atom. The van der Waals surface area contributed by atoms with Gasteiger partial charge >= 0.3 is 0 Å². The van der Waals surface area contributed by atoms with Crippen LogP contribution in [0.25, 0.3) is 10.2 Å². The minimum atomic E-state index is -0.416. The van der Waals surface area contributed by atoms with Crippen molar-refractivity contribution in [2.24, 2.45) is 5.73 Å². The van der Waals surface area contributed by atoms with E-state index in [-0.39, 0.29) is 11.3 Å². The Kier molecular flexibility index (Phi) is 4.82. The van der Waals surface area contributed by atoms with E-state index in [9.17, 15) is 9.59 Å². The molecule has 26 heavy (non-hydrogen) atoms. The minimum absolute atomic E-state index is 0.00905. The second-order valence-electron chi connectivity index (χ2n) is 6.42. The number of thioether (sulfide) groups is 1. The van der Waals surface area contributed by atoms with Gasteiger partial charge in [0.1, 0.15) is 4.83 Å². The van der Waals surface area contributed by atoms with Crippen molar-refractivity contribution in [3.05, 3.63) is 56.7 Å². The van der Waals surface area contributed by atoms with Gasteiger partial charge in [0.2, 0.25) is 5.91 Å². The number of fused-ring (bicyclic) bond motifs is 3. The number of carbonyl (C=O) groups is 1. The van der Waals surface area contributed by atoms with Gasteiger partial charge in [-0.3, -0.25) is 14.2 Å². The molecule has 1 aliphatic carbocycles. The van der Waals surface area contributed by atoms with Gasteiger partial charge in [0.25, 0.3) is 5.56 Å². The topological polar surface area (TPSA) is 78.0 Å². The monoisotopic (exact) mass is 385 g/mol. The molecule has 0 bridgehead atoms. The van der Waals surface area contributed by atoms with E-state index in [1.807, 2.05) is 30.3 Å². The van der Waals surface area contributed by atoms with E-state index in [1.165, 1.54) is 28.6 Å². The summed E-state index contributed by atoms with van der Waals surface area (Å²) >= 11 is 2.86. The summed E-state index contributed by atoms with van der Waals surface area (Å²) in [5.41, 5.74) is 7.50. The number of amides is 1. The number of primary amides is 1. The van der Waals surface area contributed by atoms with Gasteiger partial charge < -0.3 is 5.73 Å². The molecule has 134 valence electrons. The number of benzene rings is 1. The van der Waals surface area contributed by atoms with Crippen LogP contribution in [0.15, 0.2) is 40.3 Å². The van der Waals surface area contributed by atoms with Crippen molar-refractivity contribution in [3.8, 4) is 0 Å². The van der Waals surface area contributed by atoms with Crippen molar-refractivity contribution in [2.45, 2.75) is 37.4 Å². The number of thiophene rings is 1. The van der Waals surface area contributed by atoms with Crippen LogP contribution in [-0.4, -0.2) is 21.2 Å². The highest BCUT2D eigenvalue weighted by molar-refractivity contribution is 7.99. The highest BCUT2D eigenvalue weighted by Crippen LogP contribution is 2.34. The van der Waals surface area contributed by atoms with Crippen LogP contribution in [0.1, 0.15) is 28.8 Å². The molecule has 0 fully saturated rings. The second kappa shape index (κ2) is 7.25. The Hall–Kier alpha value is -2.12. The first-order chi connectivity index (χ1) is 12.6. The predicted octanol–water partition coefficient (Wildman–Crippen LogP) is 2.96. The quantitative estimate of drug-likeness (QED) is 0.541. The summed E-state index contributed by atoms with van der Waals surface area (Å²) in [6.07, 6.45) is 4.26. The standard InChI is InChI=1S/C19H19N3O2S2/c20-15(23)11-25-19-21-17-16(13-8-4-5-9-14(13)26-17)18(24)22(19)10-12-6-2-1-3-7-12/h1-3,6-7H,4-5,8-11H2,(H2,20,23). The molecule has 0 spiro atoms. The molecule has 1 aliphatic rings. The summed E-state index contributed by atoms with van der Waals surface area (Å²) in [6.45, 7) is 0.439. The van der Waals surface area contributed by atoms with Crippen LogP contribution in [-0.2, 0) is 24.2 Å². The van der Waals surface area contributed by atoms with Crippen LogP contribution in [0, 0.1) is 0 Å². The third kappa shape index (κ3) is 3.29. The van der Waals surface area contributed by atoms with Gasteiger partial charge in [-0.1, -0.05) is 42.1 Å². The fourth-order valence-corrected chi connectivity index (χ4v) is 5.41. The van der Waals surface area contributed by atoms with E-state index in [0.29, 0.717) is 11.7 Å². The van der Waals surface area contributed by atoms with Crippen LogP contribution >= 0.6 is 23.1 Å². The molecule has 7 heteroatoms. The number of nitrogens with two attached hydrogens (primary N) is 1. The Morgan fingerprint density at radius 1 is 1.23 bits per heavy atom. The molecular formula is C19H19N3O2S2. The van der Waals surface area contributed by atoms with Gasteiger partial charge in [0.15, 0.2) is 5.16 Å². The zero-order valence-corrected chi connectivity index (χ0v) is 15.9. The minimum Gasteiger partial charge on any atom is -0.369 e. The Labute approximate surface area is 159 Å². The normalized spacial score (nSPS) is 13.7. The molecule has 0 saturated heterocycles. The number of aryl methyl sites for hydroxylation is 2. The summed E-state index contributed by atoms with van der Waals surface area (Å²) in [7, 11) is 0. The highest BCUT2D eigenvalue weighted by atomic mass is 32.2. The number of rotatable bonds is 5. The van der Waals surface area contributed by atoms with Crippen molar-refractivity contribution in [1.82, 2.24) is 9.55 Å². The fraction of sp³-hybridized carbons (Fsp3) is 0.316. The molecule has 0 radical (unpaired) electrons. The van der Waals surface area contributed by atoms with Crippen molar-refractivity contribution in [1.29, 1.82) is 0 Å². The lowest BCUT2D eigenvalue weighted by Gasteiger charge is -2.13. The molecule has 0 saturated carbocycles. The SMILES string of the molecule is NC(=O)CSc1nc2sc3c(c2c(=O)n1Cc1ccccc1)CCCC3. The molecule has 5 nitrogen and oxygen atoms in total. The van der Waals surface area contributed by atoms with Crippen LogP contribution in [0.2, 0.25) is 0 Å². The first-order valence-corrected chi connectivity index (χ1v) is 10.4. The van der Waals surface area contributed by atoms with Crippen LogP contribution in [0.4, 0.5) is 0 Å². The van der Waals surface area contributed by atoms with Crippen molar-refractivity contribution < 1.29 is 4.79 Å². The fourth-order valence-electron chi connectivity index (χ4n) is 3.37. The maximum absolute atomic E-state index is 13.3. The molecule has 0 aliphatic heterocycles. The molecule has 1 aromatic carbocycles. The smallest absolute Gasteiger partial charge is 0.263 e.